The molecule has 7 rings (SSSR count). The predicted molar refractivity (Wildman–Crippen MR) is 134 cm³/mol. The summed E-state index contributed by atoms with van der Waals surface area (Å²) in [5, 5.41) is 4.05. The van der Waals surface area contributed by atoms with Crippen molar-refractivity contribution in [3.05, 3.63) is 108 Å². The highest BCUT2D eigenvalue weighted by molar-refractivity contribution is 6.14. The van der Waals surface area contributed by atoms with Crippen LogP contribution in [0.2, 0.25) is 0 Å². The summed E-state index contributed by atoms with van der Waals surface area (Å²) in [6.07, 6.45) is 4.88. The van der Waals surface area contributed by atoms with Gasteiger partial charge in [-0.25, -0.2) is 0 Å². The van der Waals surface area contributed by atoms with Crippen molar-refractivity contribution in [3.8, 4) is 11.4 Å². The fourth-order valence-electron chi connectivity index (χ4n) is 5.73. The van der Waals surface area contributed by atoms with Crippen molar-refractivity contribution in [2.45, 2.75) is 25.7 Å². The molecule has 2 aromatic heterocycles. The number of aryl methyl sites for hydroxylation is 1. The molecule has 0 fully saturated rings. The molecule has 154 valence electrons. The van der Waals surface area contributed by atoms with Crippen LogP contribution in [-0.2, 0) is 12.8 Å². The quantitative estimate of drug-likeness (QED) is 0.277. The van der Waals surface area contributed by atoms with Crippen LogP contribution in [0.5, 0.6) is 0 Å². The minimum Gasteiger partial charge on any atom is -0.313 e. The van der Waals surface area contributed by atoms with E-state index in [1.165, 1.54) is 69.0 Å². The Kier molecular flexibility index (Phi) is 3.83. The third-order valence-corrected chi connectivity index (χ3v) is 7.09. The largest absolute Gasteiger partial charge is 0.313 e. The molecular formula is C30H24N2. The summed E-state index contributed by atoms with van der Waals surface area (Å²) in [7, 11) is 0. The smallest absolute Gasteiger partial charge is 0.0548 e. The van der Waals surface area contributed by atoms with E-state index in [1.807, 2.05) is 0 Å². The lowest BCUT2D eigenvalue weighted by Crippen LogP contribution is -2.06. The maximum Gasteiger partial charge on any atom is 0.0548 e. The second-order valence-electron chi connectivity index (χ2n) is 8.88. The van der Waals surface area contributed by atoms with Gasteiger partial charge >= 0.3 is 0 Å². The molecule has 1 aliphatic rings. The van der Waals surface area contributed by atoms with Crippen molar-refractivity contribution < 1.29 is 0 Å². The summed E-state index contributed by atoms with van der Waals surface area (Å²) in [5.41, 5.74) is 9.43. The Balaban J connectivity index is 1.66. The number of hydrogen-bond acceptors (Lipinski definition) is 0. The van der Waals surface area contributed by atoms with Crippen LogP contribution in [0.1, 0.15) is 24.1 Å². The maximum atomic E-state index is 2.53. The molecule has 2 heterocycles. The Hall–Kier alpha value is -3.78. The average Bonchev–Trinajstić information content (AvgIpc) is 3.36. The monoisotopic (exact) mass is 412 g/mol. The van der Waals surface area contributed by atoms with Gasteiger partial charge in [0.15, 0.2) is 0 Å². The van der Waals surface area contributed by atoms with Crippen LogP contribution in [0, 0.1) is 0 Å². The number of aromatic nitrogens is 2. The fourth-order valence-corrected chi connectivity index (χ4v) is 5.73. The topological polar surface area (TPSA) is 9.86 Å². The van der Waals surface area contributed by atoms with Gasteiger partial charge in [0.25, 0.3) is 0 Å². The third kappa shape index (κ3) is 2.47. The minimum absolute atomic E-state index is 1.16. The number of hydrogen-bond donors (Lipinski definition) is 0. The molecule has 0 atom stereocenters. The summed E-state index contributed by atoms with van der Waals surface area (Å²) in [6, 6.07) is 35.4. The fraction of sp³-hybridized carbons (Fsp3) is 0.133. The normalized spacial score (nSPS) is 13.8. The highest BCUT2D eigenvalue weighted by Crippen LogP contribution is 2.40. The lowest BCUT2D eigenvalue weighted by atomic mass is 9.95. The number of para-hydroxylation sites is 3. The average molecular weight is 413 g/mol. The summed E-state index contributed by atoms with van der Waals surface area (Å²) >= 11 is 0. The molecule has 0 aliphatic heterocycles. The molecule has 0 N–H and O–H groups in total. The zero-order chi connectivity index (χ0) is 21.1. The van der Waals surface area contributed by atoms with Crippen molar-refractivity contribution in [2.75, 3.05) is 0 Å². The Morgan fingerprint density at radius 3 is 1.84 bits per heavy atom. The van der Waals surface area contributed by atoms with Crippen LogP contribution in [0.25, 0.3) is 44.1 Å². The van der Waals surface area contributed by atoms with Crippen LogP contribution in [0.3, 0.4) is 0 Å². The first-order valence-corrected chi connectivity index (χ1v) is 11.6. The van der Waals surface area contributed by atoms with E-state index >= 15 is 0 Å². The van der Waals surface area contributed by atoms with Gasteiger partial charge in [-0.3, -0.25) is 0 Å². The first-order chi connectivity index (χ1) is 15.9. The molecule has 0 bridgehead atoms. The minimum atomic E-state index is 1.16. The van der Waals surface area contributed by atoms with E-state index in [9.17, 15) is 0 Å². The van der Waals surface area contributed by atoms with Gasteiger partial charge in [0.1, 0.15) is 0 Å². The second kappa shape index (κ2) is 6.86. The van der Waals surface area contributed by atoms with E-state index in [4.69, 9.17) is 0 Å². The van der Waals surface area contributed by atoms with Crippen molar-refractivity contribution in [2.24, 2.45) is 0 Å². The van der Waals surface area contributed by atoms with Crippen LogP contribution >= 0.6 is 0 Å². The van der Waals surface area contributed by atoms with E-state index in [-0.39, 0.29) is 0 Å². The van der Waals surface area contributed by atoms with Gasteiger partial charge in [0, 0.05) is 33.2 Å². The lowest BCUT2D eigenvalue weighted by Gasteiger charge is -2.16. The molecular weight excluding hydrogens is 388 g/mol. The first-order valence-electron chi connectivity index (χ1n) is 11.6. The molecule has 32 heavy (non-hydrogen) atoms. The van der Waals surface area contributed by atoms with Gasteiger partial charge in [-0.2, -0.15) is 0 Å². The molecule has 0 saturated carbocycles. The van der Waals surface area contributed by atoms with Gasteiger partial charge in [-0.15, -0.1) is 0 Å². The van der Waals surface area contributed by atoms with E-state index in [1.54, 1.807) is 5.56 Å². The van der Waals surface area contributed by atoms with Gasteiger partial charge in [0.05, 0.1) is 16.6 Å². The number of rotatable bonds is 2. The summed E-state index contributed by atoms with van der Waals surface area (Å²) in [6.45, 7) is 0. The molecule has 2 nitrogen and oxygen atoms in total. The Morgan fingerprint density at radius 1 is 0.469 bits per heavy atom. The molecule has 0 unspecified atom stereocenters. The van der Waals surface area contributed by atoms with Gasteiger partial charge in [-0.05, 0) is 73.7 Å². The van der Waals surface area contributed by atoms with E-state index in [0.717, 1.165) is 6.42 Å². The Morgan fingerprint density at radius 2 is 1.06 bits per heavy atom. The number of fused-ring (bicyclic) bond motifs is 6. The van der Waals surface area contributed by atoms with Crippen molar-refractivity contribution >= 4 is 32.7 Å². The van der Waals surface area contributed by atoms with Crippen molar-refractivity contribution in [1.29, 1.82) is 0 Å². The van der Waals surface area contributed by atoms with Crippen molar-refractivity contribution in [3.63, 3.8) is 0 Å². The number of nitrogens with zero attached hydrogens (tertiary/aromatic N) is 2. The van der Waals surface area contributed by atoms with Crippen LogP contribution in [-0.4, -0.2) is 9.13 Å². The Labute approximate surface area is 187 Å². The number of benzene rings is 4. The third-order valence-electron chi connectivity index (χ3n) is 7.09. The summed E-state index contributed by atoms with van der Waals surface area (Å²) in [5.74, 6) is 0. The van der Waals surface area contributed by atoms with E-state index in [2.05, 4.69) is 106 Å². The molecule has 2 heteroatoms. The molecule has 0 saturated heterocycles. The Bertz CT molecular complexity index is 1600. The van der Waals surface area contributed by atoms with Crippen molar-refractivity contribution in [1.82, 2.24) is 9.13 Å². The van der Waals surface area contributed by atoms with Crippen LogP contribution in [0.4, 0.5) is 0 Å². The van der Waals surface area contributed by atoms with Gasteiger partial charge in [-0.1, -0.05) is 54.6 Å². The molecule has 4 aromatic carbocycles. The second-order valence-corrected chi connectivity index (χ2v) is 8.88. The zero-order valence-electron chi connectivity index (χ0n) is 18.0. The molecule has 1 aliphatic carbocycles. The van der Waals surface area contributed by atoms with Crippen LogP contribution in [0.15, 0.2) is 97.1 Å². The zero-order valence-corrected chi connectivity index (χ0v) is 18.0. The molecule has 0 radical (unpaired) electrons. The van der Waals surface area contributed by atoms with E-state index in [0.29, 0.717) is 0 Å². The molecule has 0 amide bonds. The predicted octanol–water partition coefficient (Wildman–Crippen LogP) is 7.61. The SMILES string of the molecule is c1ccc(-n2c3c(c4cc5c(cc42)c2ccccc2n5-c2ccccc2)CCCC3)cc1. The summed E-state index contributed by atoms with van der Waals surface area (Å²) < 4.78 is 4.96. The summed E-state index contributed by atoms with van der Waals surface area (Å²) in [4.78, 5) is 0. The van der Waals surface area contributed by atoms with Gasteiger partial charge in [0.2, 0.25) is 0 Å². The first kappa shape index (κ1) is 17.9. The van der Waals surface area contributed by atoms with Gasteiger partial charge < -0.3 is 9.13 Å². The lowest BCUT2D eigenvalue weighted by molar-refractivity contribution is 0.667. The molecule has 0 spiro atoms. The maximum absolute atomic E-state index is 2.53. The van der Waals surface area contributed by atoms with E-state index < -0.39 is 0 Å². The highest BCUT2D eigenvalue weighted by Gasteiger charge is 2.23. The standard InChI is InChI=1S/C30H24N2/c1-3-11-21(12-4-1)31-27-17-9-7-15-23(27)25-20-30-26(19-29(25)31)24-16-8-10-18-28(24)32(30)22-13-5-2-6-14-22/h1-7,9,11-15,17,19-20H,8,10,16,18H2. The highest BCUT2D eigenvalue weighted by atomic mass is 15.0. The van der Waals surface area contributed by atoms with Crippen LogP contribution < -0.4 is 0 Å². The molecule has 6 aromatic rings.